The summed E-state index contributed by atoms with van der Waals surface area (Å²) < 4.78 is 56.7. The normalized spacial score (nSPS) is 11.1. The van der Waals surface area contributed by atoms with Crippen LogP contribution in [0.25, 0.3) is 10.9 Å². The SMILES string of the molecule is Cc1c(CCC(=O)NCCC(=O)O)c2c(F)c(O)c(F)cc2n1C(=O)c1ccc(F)c(F)c1. The molecular formula is C22H18F4N2O5. The summed E-state index contributed by atoms with van der Waals surface area (Å²) in [4.78, 5) is 35.6. The van der Waals surface area contributed by atoms with E-state index >= 15 is 0 Å². The zero-order valence-corrected chi connectivity index (χ0v) is 17.2. The Bertz CT molecular complexity index is 1290. The number of fused-ring (bicyclic) bond motifs is 1. The number of amides is 1. The number of carboxylic acid groups (broad SMARTS) is 1. The Labute approximate surface area is 184 Å². The Hall–Kier alpha value is -3.89. The molecule has 1 amide bonds. The number of hydrogen-bond donors (Lipinski definition) is 3. The second-order valence-corrected chi connectivity index (χ2v) is 7.24. The second-order valence-electron chi connectivity index (χ2n) is 7.24. The van der Waals surface area contributed by atoms with Gasteiger partial charge in [0.25, 0.3) is 5.91 Å². The van der Waals surface area contributed by atoms with Gasteiger partial charge in [0.05, 0.1) is 11.9 Å². The van der Waals surface area contributed by atoms with Crippen molar-refractivity contribution in [1.82, 2.24) is 9.88 Å². The van der Waals surface area contributed by atoms with Crippen LogP contribution in [0.3, 0.4) is 0 Å². The fourth-order valence-corrected chi connectivity index (χ4v) is 3.52. The Kier molecular flexibility index (Phi) is 6.70. The van der Waals surface area contributed by atoms with Crippen LogP contribution in [0.4, 0.5) is 17.6 Å². The molecular weight excluding hydrogens is 448 g/mol. The molecule has 7 nitrogen and oxygen atoms in total. The van der Waals surface area contributed by atoms with Gasteiger partial charge in [-0.1, -0.05) is 0 Å². The maximum absolute atomic E-state index is 14.8. The number of carbonyl (C=O) groups is 3. The summed E-state index contributed by atoms with van der Waals surface area (Å²) in [6, 6.07) is 3.12. The Morgan fingerprint density at radius 1 is 1.00 bits per heavy atom. The number of nitrogens with one attached hydrogen (secondary N) is 1. The maximum Gasteiger partial charge on any atom is 0.305 e. The van der Waals surface area contributed by atoms with Crippen LogP contribution in [0.15, 0.2) is 24.3 Å². The van der Waals surface area contributed by atoms with Crippen molar-refractivity contribution in [2.24, 2.45) is 0 Å². The monoisotopic (exact) mass is 466 g/mol. The molecule has 3 N–H and O–H groups in total. The van der Waals surface area contributed by atoms with Gasteiger partial charge in [0.1, 0.15) is 0 Å². The molecule has 0 atom stereocenters. The molecule has 33 heavy (non-hydrogen) atoms. The van der Waals surface area contributed by atoms with Gasteiger partial charge in [0.15, 0.2) is 29.0 Å². The van der Waals surface area contributed by atoms with Crippen LogP contribution in [0.1, 0.15) is 34.5 Å². The lowest BCUT2D eigenvalue weighted by Crippen LogP contribution is -2.26. The Balaban J connectivity index is 2.05. The topological polar surface area (TPSA) is 109 Å². The van der Waals surface area contributed by atoms with E-state index in [1.165, 1.54) is 6.92 Å². The highest BCUT2D eigenvalue weighted by atomic mass is 19.2. The van der Waals surface area contributed by atoms with Gasteiger partial charge in [0, 0.05) is 35.7 Å². The van der Waals surface area contributed by atoms with Crippen molar-refractivity contribution >= 4 is 28.7 Å². The van der Waals surface area contributed by atoms with Gasteiger partial charge in [-0.2, -0.15) is 0 Å². The van der Waals surface area contributed by atoms with Crippen LogP contribution in [0.5, 0.6) is 5.75 Å². The number of aryl methyl sites for hydroxylation is 1. The first-order valence-corrected chi connectivity index (χ1v) is 9.72. The molecule has 0 aliphatic rings. The number of carboxylic acids is 1. The standard InChI is InChI=1S/C22H18F4N2O5/c1-10-12(3-5-17(29)27-7-6-18(30)31)19-16(9-15(25)21(32)20(19)26)28(10)22(33)11-2-4-13(23)14(24)8-11/h2,4,8-9,32H,3,5-7H2,1H3,(H,27,29)(H,30,31). The van der Waals surface area contributed by atoms with E-state index in [-0.39, 0.29) is 53.5 Å². The number of aromatic hydroxyl groups is 1. The van der Waals surface area contributed by atoms with Gasteiger partial charge in [-0.25, -0.2) is 17.6 Å². The molecule has 0 saturated heterocycles. The molecule has 0 aliphatic carbocycles. The summed E-state index contributed by atoms with van der Waals surface area (Å²) in [6.45, 7) is 1.27. The summed E-state index contributed by atoms with van der Waals surface area (Å²) in [5.41, 5.74) is -0.346. The number of halogens is 4. The van der Waals surface area contributed by atoms with Crippen molar-refractivity contribution in [2.75, 3.05) is 6.54 Å². The van der Waals surface area contributed by atoms with Crippen LogP contribution in [0, 0.1) is 30.2 Å². The lowest BCUT2D eigenvalue weighted by molar-refractivity contribution is -0.136. The molecule has 0 fully saturated rings. The minimum Gasteiger partial charge on any atom is -0.503 e. The Morgan fingerprint density at radius 2 is 1.70 bits per heavy atom. The molecule has 3 rings (SSSR count). The molecule has 0 unspecified atom stereocenters. The average molecular weight is 466 g/mol. The van der Waals surface area contributed by atoms with Crippen molar-refractivity contribution in [3.05, 3.63) is 64.4 Å². The number of phenols is 1. The first-order valence-electron chi connectivity index (χ1n) is 9.72. The maximum atomic E-state index is 14.8. The van der Waals surface area contributed by atoms with E-state index in [4.69, 9.17) is 5.11 Å². The zero-order chi connectivity index (χ0) is 24.4. The Morgan fingerprint density at radius 3 is 2.33 bits per heavy atom. The third-order valence-corrected chi connectivity index (χ3v) is 5.12. The van der Waals surface area contributed by atoms with E-state index in [0.29, 0.717) is 6.07 Å². The molecule has 0 bridgehead atoms. The number of hydrogen-bond acceptors (Lipinski definition) is 4. The molecule has 3 aromatic rings. The summed E-state index contributed by atoms with van der Waals surface area (Å²) in [5, 5.41) is 20.4. The number of nitrogens with zero attached hydrogens (tertiary/aromatic N) is 1. The van der Waals surface area contributed by atoms with Crippen LogP contribution in [0.2, 0.25) is 0 Å². The smallest absolute Gasteiger partial charge is 0.305 e. The third kappa shape index (κ3) is 4.66. The lowest BCUT2D eigenvalue weighted by atomic mass is 10.0. The number of phenolic OH excluding ortho intramolecular Hbond substituents is 1. The molecule has 0 radical (unpaired) electrons. The fourth-order valence-electron chi connectivity index (χ4n) is 3.52. The van der Waals surface area contributed by atoms with Gasteiger partial charge in [-0.15, -0.1) is 0 Å². The highest BCUT2D eigenvalue weighted by Crippen LogP contribution is 2.35. The van der Waals surface area contributed by atoms with Gasteiger partial charge in [0.2, 0.25) is 5.91 Å². The van der Waals surface area contributed by atoms with Crippen molar-refractivity contribution in [3.8, 4) is 5.75 Å². The van der Waals surface area contributed by atoms with Gasteiger partial charge < -0.3 is 15.5 Å². The van der Waals surface area contributed by atoms with E-state index in [1.807, 2.05) is 0 Å². The minimum absolute atomic E-state index is 0.0990. The fraction of sp³-hybridized carbons (Fsp3) is 0.227. The number of rotatable bonds is 7. The van der Waals surface area contributed by atoms with Crippen LogP contribution < -0.4 is 5.32 Å². The first kappa shape index (κ1) is 23.8. The van der Waals surface area contributed by atoms with Crippen molar-refractivity contribution in [2.45, 2.75) is 26.2 Å². The quantitative estimate of drug-likeness (QED) is 0.463. The van der Waals surface area contributed by atoms with Crippen molar-refractivity contribution in [3.63, 3.8) is 0 Å². The minimum atomic E-state index is -1.34. The lowest BCUT2D eigenvalue weighted by Gasteiger charge is -2.08. The largest absolute Gasteiger partial charge is 0.503 e. The highest BCUT2D eigenvalue weighted by molar-refractivity contribution is 6.04. The van der Waals surface area contributed by atoms with Crippen LogP contribution >= 0.6 is 0 Å². The number of aliphatic carboxylic acids is 1. The van der Waals surface area contributed by atoms with E-state index in [2.05, 4.69) is 5.32 Å². The van der Waals surface area contributed by atoms with E-state index in [0.717, 1.165) is 22.8 Å². The zero-order valence-electron chi connectivity index (χ0n) is 17.2. The molecule has 1 heterocycles. The van der Waals surface area contributed by atoms with E-state index < -0.39 is 46.8 Å². The molecule has 0 spiro atoms. The highest BCUT2D eigenvalue weighted by Gasteiger charge is 2.26. The molecule has 1 aromatic heterocycles. The predicted octanol–water partition coefficient (Wildman–Crippen LogP) is 3.42. The van der Waals surface area contributed by atoms with Crippen molar-refractivity contribution < 1.29 is 42.2 Å². The second kappa shape index (κ2) is 9.31. The van der Waals surface area contributed by atoms with Gasteiger partial charge >= 0.3 is 5.97 Å². The predicted molar refractivity (Wildman–Crippen MR) is 108 cm³/mol. The molecule has 11 heteroatoms. The molecule has 174 valence electrons. The van der Waals surface area contributed by atoms with Crippen LogP contribution in [-0.2, 0) is 16.0 Å². The van der Waals surface area contributed by atoms with Crippen LogP contribution in [-0.4, -0.2) is 39.1 Å². The molecule has 0 aliphatic heterocycles. The van der Waals surface area contributed by atoms with E-state index in [9.17, 15) is 37.1 Å². The summed E-state index contributed by atoms with van der Waals surface area (Å²) in [5.74, 6) is -8.98. The van der Waals surface area contributed by atoms with Gasteiger partial charge in [-0.3, -0.25) is 19.0 Å². The summed E-state index contributed by atoms with van der Waals surface area (Å²) >= 11 is 0. The molecule has 2 aromatic carbocycles. The van der Waals surface area contributed by atoms with Crippen molar-refractivity contribution in [1.29, 1.82) is 0 Å². The summed E-state index contributed by atoms with van der Waals surface area (Å²) in [7, 11) is 0. The summed E-state index contributed by atoms with van der Waals surface area (Å²) in [6.07, 6.45) is -0.660. The third-order valence-electron chi connectivity index (χ3n) is 5.12. The number of carbonyl (C=O) groups excluding carboxylic acids is 2. The van der Waals surface area contributed by atoms with E-state index in [1.54, 1.807) is 0 Å². The number of aromatic nitrogens is 1. The number of benzene rings is 2. The average Bonchev–Trinajstić information content (AvgIpc) is 3.02. The first-order chi connectivity index (χ1) is 15.5. The molecule has 0 saturated carbocycles. The van der Waals surface area contributed by atoms with Gasteiger partial charge in [-0.05, 0) is 37.1 Å².